The van der Waals surface area contributed by atoms with Crippen LogP contribution in [0, 0.1) is 11.8 Å². The predicted molar refractivity (Wildman–Crippen MR) is 127 cm³/mol. The number of likely N-dealkylation sites (tertiary alicyclic amines) is 1. The van der Waals surface area contributed by atoms with E-state index >= 15 is 0 Å². The highest BCUT2D eigenvalue weighted by molar-refractivity contribution is 6.62. The van der Waals surface area contributed by atoms with Crippen LogP contribution < -0.4 is 5.46 Å². The van der Waals surface area contributed by atoms with Gasteiger partial charge in [-0.25, -0.2) is 0 Å². The monoisotopic (exact) mass is 431 g/mol. The molecule has 0 bridgehead atoms. The first-order valence-corrected chi connectivity index (χ1v) is 12.1. The van der Waals surface area contributed by atoms with E-state index in [0.29, 0.717) is 18.4 Å². The van der Waals surface area contributed by atoms with Crippen molar-refractivity contribution < 1.29 is 14.1 Å². The van der Waals surface area contributed by atoms with Crippen molar-refractivity contribution in [1.82, 2.24) is 4.90 Å². The first kappa shape index (κ1) is 21.7. The summed E-state index contributed by atoms with van der Waals surface area (Å²) in [5.41, 5.74) is 2.75. The van der Waals surface area contributed by atoms with Gasteiger partial charge in [-0.05, 0) is 63.0 Å². The van der Waals surface area contributed by atoms with Gasteiger partial charge in [0.15, 0.2) is 0 Å². The van der Waals surface area contributed by atoms with Crippen molar-refractivity contribution in [2.75, 3.05) is 0 Å². The van der Waals surface area contributed by atoms with Gasteiger partial charge in [-0.2, -0.15) is 0 Å². The Morgan fingerprint density at radius 3 is 2.19 bits per heavy atom. The van der Waals surface area contributed by atoms with Gasteiger partial charge in [-0.1, -0.05) is 67.4 Å². The second-order valence-corrected chi connectivity index (χ2v) is 10.7. The first-order valence-electron chi connectivity index (χ1n) is 12.1. The predicted octanol–water partition coefficient (Wildman–Crippen LogP) is 4.88. The van der Waals surface area contributed by atoms with E-state index in [4.69, 9.17) is 9.31 Å². The standard InChI is InChI=1S/C27H34BNO3/c1-26(2)27(3,4)32-28(31-26)21-16-14-20(15-17-21)24-22-12-8-9-13-23(22)25(30)29(24)18-19-10-6-5-7-11-19/h5-7,10-11,14-17,22-24H,8-9,12-13,18H2,1-4H3/t22?,23?,24-/m0/s1. The zero-order valence-corrected chi connectivity index (χ0v) is 19.7. The van der Waals surface area contributed by atoms with Crippen LogP contribution in [0.3, 0.4) is 0 Å². The third-order valence-corrected chi connectivity index (χ3v) is 8.16. The summed E-state index contributed by atoms with van der Waals surface area (Å²) in [4.78, 5) is 15.6. The fraction of sp³-hybridized carbons (Fsp3) is 0.519. The molecule has 2 unspecified atom stereocenters. The van der Waals surface area contributed by atoms with Gasteiger partial charge in [0.05, 0.1) is 17.2 Å². The third kappa shape index (κ3) is 3.70. The van der Waals surface area contributed by atoms with Crippen molar-refractivity contribution in [3.63, 3.8) is 0 Å². The molecule has 3 fully saturated rings. The van der Waals surface area contributed by atoms with Crippen LogP contribution in [0.15, 0.2) is 54.6 Å². The Bertz CT molecular complexity index is 956. The summed E-state index contributed by atoms with van der Waals surface area (Å²) in [5.74, 6) is 0.904. The average molecular weight is 431 g/mol. The fourth-order valence-electron chi connectivity index (χ4n) is 5.64. The molecule has 4 nitrogen and oxygen atoms in total. The Morgan fingerprint density at radius 1 is 0.906 bits per heavy atom. The normalized spacial score (nSPS) is 28.8. The molecule has 2 saturated heterocycles. The maximum absolute atomic E-state index is 13.4. The smallest absolute Gasteiger partial charge is 0.399 e. The van der Waals surface area contributed by atoms with Crippen LogP contribution in [-0.2, 0) is 20.6 Å². The van der Waals surface area contributed by atoms with Crippen LogP contribution >= 0.6 is 0 Å². The van der Waals surface area contributed by atoms with Crippen LogP contribution in [0.5, 0.6) is 0 Å². The average Bonchev–Trinajstić information content (AvgIpc) is 3.18. The van der Waals surface area contributed by atoms with E-state index in [2.05, 4.69) is 81.1 Å². The van der Waals surface area contributed by atoms with Crippen molar-refractivity contribution in [3.05, 3.63) is 65.7 Å². The number of hydrogen-bond donors (Lipinski definition) is 0. The Balaban J connectivity index is 1.43. The van der Waals surface area contributed by atoms with E-state index in [1.54, 1.807) is 0 Å². The Morgan fingerprint density at radius 2 is 1.53 bits per heavy atom. The molecule has 2 aliphatic heterocycles. The van der Waals surface area contributed by atoms with Gasteiger partial charge in [0.25, 0.3) is 0 Å². The van der Waals surface area contributed by atoms with Gasteiger partial charge in [0, 0.05) is 12.5 Å². The summed E-state index contributed by atoms with van der Waals surface area (Å²) in [6.07, 6.45) is 4.54. The van der Waals surface area contributed by atoms with Crippen LogP contribution in [0.1, 0.15) is 70.5 Å². The summed E-state index contributed by atoms with van der Waals surface area (Å²) in [5, 5.41) is 0. The van der Waals surface area contributed by atoms with Crippen molar-refractivity contribution in [3.8, 4) is 0 Å². The quantitative estimate of drug-likeness (QED) is 0.648. The maximum atomic E-state index is 13.4. The topological polar surface area (TPSA) is 38.8 Å². The van der Waals surface area contributed by atoms with Crippen LogP contribution in [0.2, 0.25) is 0 Å². The number of carbonyl (C=O) groups is 1. The van der Waals surface area contributed by atoms with Gasteiger partial charge >= 0.3 is 7.12 Å². The molecule has 0 radical (unpaired) electrons. The Hall–Kier alpha value is -2.11. The van der Waals surface area contributed by atoms with Crippen LogP contribution in [0.4, 0.5) is 0 Å². The zero-order chi connectivity index (χ0) is 22.5. The van der Waals surface area contributed by atoms with E-state index in [0.717, 1.165) is 18.3 Å². The molecule has 5 rings (SSSR count). The number of nitrogens with zero attached hydrogens (tertiary/aromatic N) is 1. The molecular formula is C27H34BNO3. The Labute approximate surface area is 192 Å². The lowest BCUT2D eigenvalue weighted by Crippen LogP contribution is -2.41. The van der Waals surface area contributed by atoms with Gasteiger partial charge in [-0.3, -0.25) is 4.79 Å². The molecule has 1 amide bonds. The minimum atomic E-state index is -0.359. The SMILES string of the molecule is CC1(C)OB(c2ccc([C@H]3C4CCCCC4C(=O)N3Cc3ccccc3)cc2)OC1(C)C. The van der Waals surface area contributed by atoms with Gasteiger partial charge in [0.1, 0.15) is 0 Å². The zero-order valence-electron chi connectivity index (χ0n) is 19.7. The molecular weight excluding hydrogens is 397 g/mol. The highest BCUT2D eigenvalue weighted by Crippen LogP contribution is 2.49. The molecule has 0 spiro atoms. The minimum Gasteiger partial charge on any atom is -0.399 e. The lowest BCUT2D eigenvalue weighted by molar-refractivity contribution is -0.133. The highest BCUT2D eigenvalue weighted by atomic mass is 16.7. The van der Waals surface area contributed by atoms with Gasteiger partial charge in [-0.15, -0.1) is 0 Å². The van der Waals surface area contributed by atoms with E-state index in [1.165, 1.54) is 24.0 Å². The molecule has 5 heteroatoms. The molecule has 0 aromatic heterocycles. The van der Waals surface area contributed by atoms with Crippen molar-refractivity contribution in [2.45, 2.75) is 77.2 Å². The molecule has 2 aromatic carbocycles. The number of fused-ring (bicyclic) bond motifs is 1. The summed E-state index contributed by atoms with van der Waals surface area (Å²) in [6, 6.07) is 19.1. The molecule has 1 saturated carbocycles. The Kier molecular flexibility index (Phi) is 5.46. The maximum Gasteiger partial charge on any atom is 0.494 e. The van der Waals surface area contributed by atoms with E-state index in [1.807, 2.05) is 6.07 Å². The van der Waals surface area contributed by atoms with Crippen molar-refractivity contribution in [1.29, 1.82) is 0 Å². The molecule has 2 heterocycles. The molecule has 2 aromatic rings. The summed E-state index contributed by atoms with van der Waals surface area (Å²) in [6.45, 7) is 9.00. The summed E-state index contributed by atoms with van der Waals surface area (Å²) < 4.78 is 12.5. The second-order valence-electron chi connectivity index (χ2n) is 10.7. The lowest BCUT2D eigenvalue weighted by Gasteiger charge is -2.32. The second kappa shape index (κ2) is 8.04. The first-order chi connectivity index (χ1) is 15.3. The summed E-state index contributed by atoms with van der Waals surface area (Å²) in [7, 11) is -0.359. The lowest BCUT2D eigenvalue weighted by atomic mass is 9.75. The highest BCUT2D eigenvalue weighted by Gasteiger charge is 2.52. The summed E-state index contributed by atoms with van der Waals surface area (Å²) >= 11 is 0. The van der Waals surface area contributed by atoms with Gasteiger partial charge < -0.3 is 14.2 Å². The van der Waals surface area contributed by atoms with E-state index in [9.17, 15) is 4.79 Å². The largest absolute Gasteiger partial charge is 0.494 e. The van der Waals surface area contributed by atoms with E-state index < -0.39 is 0 Å². The molecule has 3 atom stereocenters. The third-order valence-electron chi connectivity index (χ3n) is 8.16. The molecule has 32 heavy (non-hydrogen) atoms. The number of rotatable bonds is 4. The van der Waals surface area contributed by atoms with Crippen LogP contribution in [-0.4, -0.2) is 29.1 Å². The van der Waals surface area contributed by atoms with Gasteiger partial charge in [0.2, 0.25) is 5.91 Å². The molecule has 3 aliphatic rings. The molecule has 0 N–H and O–H groups in total. The van der Waals surface area contributed by atoms with Crippen LogP contribution in [0.25, 0.3) is 0 Å². The molecule has 1 aliphatic carbocycles. The van der Waals surface area contributed by atoms with E-state index in [-0.39, 0.29) is 30.3 Å². The number of hydrogen-bond acceptors (Lipinski definition) is 3. The number of amides is 1. The number of carbonyl (C=O) groups excluding carboxylic acids is 1. The van der Waals surface area contributed by atoms with Crippen molar-refractivity contribution >= 4 is 18.5 Å². The minimum absolute atomic E-state index is 0.139. The fourth-order valence-corrected chi connectivity index (χ4v) is 5.64. The molecule has 168 valence electrons. The number of benzene rings is 2. The van der Waals surface area contributed by atoms with Crippen molar-refractivity contribution in [2.24, 2.45) is 11.8 Å².